The Morgan fingerprint density at radius 3 is 2.64 bits per heavy atom. The van der Waals surface area contributed by atoms with Crippen LogP contribution < -0.4 is 0 Å². The van der Waals surface area contributed by atoms with Crippen LogP contribution in [0.2, 0.25) is 0 Å². The van der Waals surface area contributed by atoms with E-state index in [2.05, 4.69) is 15.9 Å². The van der Waals surface area contributed by atoms with Gasteiger partial charge < -0.3 is 14.4 Å². The molecule has 1 aromatic heterocycles. The normalized spacial score (nSPS) is 15.8. The van der Waals surface area contributed by atoms with E-state index in [1.54, 1.807) is 6.07 Å². The fraction of sp³-hybridized carbons (Fsp3) is 0.375. The van der Waals surface area contributed by atoms with Crippen molar-refractivity contribution in [1.29, 1.82) is 0 Å². The van der Waals surface area contributed by atoms with Crippen molar-refractivity contribution in [3.8, 4) is 0 Å². The van der Waals surface area contributed by atoms with Crippen LogP contribution in [-0.4, -0.2) is 34.0 Å². The summed E-state index contributed by atoms with van der Waals surface area (Å²) >= 11 is 3.43. The van der Waals surface area contributed by atoms with Crippen LogP contribution in [0.25, 0.3) is 11.0 Å². The monoisotopic (exact) mass is 365 g/mol. The van der Waals surface area contributed by atoms with Crippen molar-refractivity contribution in [1.82, 2.24) is 4.90 Å². The van der Waals surface area contributed by atoms with Crippen LogP contribution in [0.1, 0.15) is 35.9 Å². The van der Waals surface area contributed by atoms with Gasteiger partial charge in [0.25, 0.3) is 5.91 Å². The van der Waals surface area contributed by atoms with E-state index in [1.165, 1.54) is 11.8 Å². The van der Waals surface area contributed by atoms with E-state index in [1.807, 2.05) is 19.1 Å². The first-order chi connectivity index (χ1) is 10.4. The Kier molecular flexibility index (Phi) is 3.72. The number of aliphatic carboxylic acids is 1. The molecule has 1 unspecified atom stereocenters. The van der Waals surface area contributed by atoms with Gasteiger partial charge in [0.15, 0.2) is 5.76 Å². The number of carbonyl (C=O) groups is 2. The minimum atomic E-state index is -1.01. The molecule has 1 aromatic carbocycles. The quantitative estimate of drug-likeness (QED) is 0.898. The van der Waals surface area contributed by atoms with E-state index >= 15 is 0 Å². The van der Waals surface area contributed by atoms with E-state index in [9.17, 15) is 14.7 Å². The number of halogens is 1. The highest BCUT2D eigenvalue weighted by atomic mass is 79.9. The molecule has 1 heterocycles. The average molecular weight is 366 g/mol. The molecular formula is C16H16BrNO4. The number of carboxylic acids is 1. The molecule has 116 valence electrons. The molecular weight excluding hydrogens is 350 g/mol. The van der Waals surface area contributed by atoms with Gasteiger partial charge in [-0.3, -0.25) is 4.79 Å². The molecule has 6 heteroatoms. The van der Waals surface area contributed by atoms with Crippen molar-refractivity contribution in [3.05, 3.63) is 34.0 Å². The van der Waals surface area contributed by atoms with Crippen molar-refractivity contribution in [2.24, 2.45) is 0 Å². The summed E-state index contributed by atoms with van der Waals surface area (Å²) in [5, 5.41) is 10.0. The molecule has 1 aliphatic carbocycles. The zero-order chi connectivity index (χ0) is 16.0. The molecule has 0 spiro atoms. The molecule has 1 amide bonds. The number of amides is 1. The smallest absolute Gasteiger partial charge is 0.326 e. The largest absolute Gasteiger partial charge is 0.480 e. The Bertz CT molecular complexity index is 763. The summed E-state index contributed by atoms with van der Waals surface area (Å²) in [6.07, 6.45) is 1.68. The van der Waals surface area contributed by atoms with Crippen molar-refractivity contribution in [2.45, 2.75) is 38.8 Å². The van der Waals surface area contributed by atoms with Crippen molar-refractivity contribution < 1.29 is 19.1 Å². The Hall–Kier alpha value is -1.82. The summed E-state index contributed by atoms with van der Waals surface area (Å²) in [6.45, 7) is 3.49. The first-order valence-electron chi connectivity index (χ1n) is 7.13. The second kappa shape index (κ2) is 5.43. The molecule has 1 saturated carbocycles. The van der Waals surface area contributed by atoms with Crippen LogP contribution >= 0.6 is 15.9 Å². The predicted octanol–water partition coefficient (Wildman–Crippen LogP) is 3.58. The minimum Gasteiger partial charge on any atom is -0.480 e. The number of carbonyl (C=O) groups excluding carboxylic acids is 1. The number of hydrogen-bond acceptors (Lipinski definition) is 3. The Morgan fingerprint density at radius 1 is 1.36 bits per heavy atom. The van der Waals surface area contributed by atoms with Gasteiger partial charge in [0.1, 0.15) is 11.6 Å². The first-order valence-corrected chi connectivity index (χ1v) is 7.93. The molecule has 0 aliphatic heterocycles. The number of hydrogen-bond donors (Lipinski definition) is 1. The van der Waals surface area contributed by atoms with Gasteiger partial charge in [-0.25, -0.2) is 4.79 Å². The Morgan fingerprint density at radius 2 is 2.05 bits per heavy atom. The number of furan rings is 1. The van der Waals surface area contributed by atoms with E-state index in [0.29, 0.717) is 5.58 Å². The number of rotatable bonds is 4. The van der Waals surface area contributed by atoms with E-state index in [4.69, 9.17) is 4.42 Å². The summed E-state index contributed by atoms with van der Waals surface area (Å²) in [4.78, 5) is 25.4. The lowest BCUT2D eigenvalue weighted by atomic mass is 10.2. The Labute approximate surface area is 136 Å². The minimum absolute atomic E-state index is 0.00279. The van der Waals surface area contributed by atoms with E-state index in [0.717, 1.165) is 28.3 Å². The topological polar surface area (TPSA) is 70.8 Å². The SMILES string of the molecule is Cc1cc(Br)c2oc(C(=O)N(C3CC3)C(C)C(=O)O)cc2c1. The zero-order valence-corrected chi connectivity index (χ0v) is 13.9. The van der Waals surface area contributed by atoms with Gasteiger partial charge in [-0.1, -0.05) is 0 Å². The second-order valence-electron chi connectivity index (χ2n) is 5.73. The third-order valence-electron chi connectivity index (χ3n) is 3.88. The van der Waals surface area contributed by atoms with Crippen LogP contribution in [0.5, 0.6) is 0 Å². The molecule has 0 radical (unpaired) electrons. The molecule has 22 heavy (non-hydrogen) atoms. The van der Waals surface area contributed by atoms with Gasteiger partial charge in [0.05, 0.1) is 4.47 Å². The lowest BCUT2D eigenvalue weighted by Gasteiger charge is -2.25. The van der Waals surface area contributed by atoms with Crippen LogP contribution in [0.3, 0.4) is 0 Å². The lowest BCUT2D eigenvalue weighted by Crippen LogP contribution is -2.44. The highest BCUT2D eigenvalue weighted by molar-refractivity contribution is 9.10. The van der Waals surface area contributed by atoms with Crippen LogP contribution in [0.15, 0.2) is 27.1 Å². The fourth-order valence-electron chi connectivity index (χ4n) is 2.61. The number of carboxylic acid groups (broad SMARTS) is 1. The molecule has 0 bridgehead atoms. The number of benzene rings is 1. The number of fused-ring (bicyclic) bond motifs is 1. The second-order valence-corrected chi connectivity index (χ2v) is 6.59. The maximum absolute atomic E-state index is 12.7. The average Bonchev–Trinajstić information content (AvgIpc) is 3.17. The molecule has 3 rings (SSSR count). The molecule has 1 fully saturated rings. The molecule has 1 atom stereocenters. The molecule has 0 saturated heterocycles. The van der Waals surface area contributed by atoms with Crippen molar-refractivity contribution >= 4 is 38.8 Å². The van der Waals surface area contributed by atoms with Crippen molar-refractivity contribution in [2.75, 3.05) is 0 Å². The number of nitrogens with zero attached hydrogens (tertiary/aromatic N) is 1. The zero-order valence-electron chi connectivity index (χ0n) is 12.3. The Balaban J connectivity index is 2.00. The van der Waals surface area contributed by atoms with Gasteiger partial charge in [-0.05, 0) is 66.4 Å². The molecule has 2 aromatic rings. The summed E-state index contributed by atoms with van der Waals surface area (Å²) in [5.74, 6) is -1.19. The predicted molar refractivity (Wildman–Crippen MR) is 84.9 cm³/mol. The highest BCUT2D eigenvalue weighted by Crippen LogP contribution is 2.33. The number of aryl methyl sites for hydroxylation is 1. The maximum Gasteiger partial charge on any atom is 0.326 e. The lowest BCUT2D eigenvalue weighted by molar-refractivity contribution is -0.141. The summed E-state index contributed by atoms with van der Waals surface area (Å²) in [5.41, 5.74) is 1.66. The van der Waals surface area contributed by atoms with Crippen LogP contribution in [0, 0.1) is 6.92 Å². The third-order valence-corrected chi connectivity index (χ3v) is 4.46. The van der Waals surface area contributed by atoms with Gasteiger partial charge in [-0.2, -0.15) is 0 Å². The molecule has 5 nitrogen and oxygen atoms in total. The highest BCUT2D eigenvalue weighted by Gasteiger charge is 2.39. The summed E-state index contributed by atoms with van der Waals surface area (Å²) in [6, 6.07) is 4.66. The molecule has 1 N–H and O–H groups in total. The molecule has 1 aliphatic rings. The van der Waals surface area contributed by atoms with E-state index < -0.39 is 12.0 Å². The first kappa shape index (κ1) is 15.1. The van der Waals surface area contributed by atoms with Gasteiger partial charge >= 0.3 is 5.97 Å². The van der Waals surface area contributed by atoms with Crippen LogP contribution in [0.4, 0.5) is 0 Å². The summed E-state index contributed by atoms with van der Waals surface area (Å²) < 4.78 is 6.46. The third kappa shape index (κ3) is 2.63. The summed E-state index contributed by atoms with van der Waals surface area (Å²) in [7, 11) is 0. The van der Waals surface area contributed by atoms with Gasteiger partial charge in [0.2, 0.25) is 0 Å². The van der Waals surface area contributed by atoms with Gasteiger partial charge in [-0.15, -0.1) is 0 Å². The van der Waals surface area contributed by atoms with Crippen molar-refractivity contribution in [3.63, 3.8) is 0 Å². The fourth-order valence-corrected chi connectivity index (χ4v) is 3.28. The standard InChI is InChI=1S/C16H16BrNO4/c1-8-5-10-7-13(22-14(10)12(17)6-8)15(19)18(11-3-4-11)9(2)16(20)21/h5-7,9,11H,3-4H2,1-2H3,(H,20,21). The van der Waals surface area contributed by atoms with E-state index in [-0.39, 0.29) is 17.7 Å². The van der Waals surface area contributed by atoms with Gasteiger partial charge in [0, 0.05) is 11.4 Å². The van der Waals surface area contributed by atoms with Crippen LogP contribution in [-0.2, 0) is 4.79 Å². The maximum atomic E-state index is 12.7.